The van der Waals surface area contributed by atoms with Gasteiger partial charge in [-0.2, -0.15) is 13.2 Å². The molecule has 0 spiro atoms. The number of nitrogens with zero attached hydrogens (tertiary/aromatic N) is 1. The van der Waals surface area contributed by atoms with Crippen LogP contribution in [-0.4, -0.2) is 24.3 Å². The molecule has 0 saturated heterocycles. The van der Waals surface area contributed by atoms with E-state index in [1.807, 2.05) is 0 Å². The van der Waals surface area contributed by atoms with Crippen molar-refractivity contribution in [2.75, 3.05) is 0 Å². The minimum atomic E-state index is -4.48. The Hall–Kier alpha value is -1.04. The second kappa shape index (κ2) is 6.38. The van der Waals surface area contributed by atoms with Crippen LogP contribution < -0.4 is 0 Å². The molecule has 0 amide bonds. The fraction of sp³-hybridized carbons (Fsp3) is 0.800. The number of oxime groups is 1. The lowest BCUT2D eigenvalue weighted by molar-refractivity contribution is -0.175. The number of hydrogen-bond donors (Lipinski definition) is 0. The average molecular weight is 305 g/mol. The quantitative estimate of drug-likeness (QED) is 0.778. The van der Waals surface area contributed by atoms with Crippen LogP contribution >= 0.6 is 0 Å². The van der Waals surface area contributed by atoms with Gasteiger partial charge in [0.1, 0.15) is 0 Å². The fourth-order valence-corrected chi connectivity index (χ4v) is 3.00. The summed E-state index contributed by atoms with van der Waals surface area (Å²) in [5.41, 5.74) is -1.03. The van der Waals surface area contributed by atoms with Crippen molar-refractivity contribution in [3.63, 3.8) is 0 Å². The largest absolute Gasteiger partial charge is 0.436 e. The smallest absolute Gasteiger partial charge is 0.359 e. The third-order valence-electron chi connectivity index (χ3n) is 4.23. The molecular weight excluding hydrogens is 283 g/mol. The molecule has 21 heavy (non-hydrogen) atoms. The molecule has 120 valence electrons. The maximum atomic E-state index is 12.4. The van der Waals surface area contributed by atoms with Crippen LogP contribution in [0.1, 0.15) is 40.0 Å². The summed E-state index contributed by atoms with van der Waals surface area (Å²) < 4.78 is 43.2. The highest BCUT2D eigenvalue weighted by molar-refractivity contribution is 5.99. The minimum absolute atomic E-state index is 0.00559. The molecule has 1 heterocycles. The number of alkyl halides is 3. The summed E-state index contributed by atoms with van der Waals surface area (Å²) in [6, 6.07) is 0. The van der Waals surface area contributed by atoms with Gasteiger partial charge in [0.25, 0.3) is 0 Å². The molecule has 0 radical (unpaired) electrons. The van der Waals surface area contributed by atoms with Crippen molar-refractivity contribution in [3.05, 3.63) is 12.2 Å². The normalized spacial score (nSPS) is 33.8. The van der Waals surface area contributed by atoms with E-state index < -0.39 is 18.2 Å². The minimum Gasteiger partial charge on any atom is -0.359 e. The Morgan fingerprint density at radius 3 is 2.57 bits per heavy atom. The van der Waals surface area contributed by atoms with Crippen LogP contribution in [-0.2, 0) is 9.57 Å². The van der Waals surface area contributed by atoms with E-state index in [0.717, 1.165) is 18.9 Å². The summed E-state index contributed by atoms with van der Waals surface area (Å²) in [5, 5.41) is 3.12. The summed E-state index contributed by atoms with van der Waals surface area (Å²) in [4.78, 5) is 4.84. The molecular formula is C15H22F3NO2. The summed E-state index contributed by atoms with van der Waals surface area (Å²) >= 11 is 0. The number of allylic oxidation sites excluding steroid dienone is 1. The van der Waals surface area contributed by atoms with Crippen molar-refractivity contribution < 1.29 is 22.7 Å². The maximum absolute atomic E-state index is 12.4. The standard InChI is InChI=1S/C15H22F3NO2/c1-9(2)11-5-4-10(3)8-12(11)20-14-7-6-13(19-21-14)15(16,17)18/h6-7,9-12,14H,4-5,8H2,1-3H3/t10-,11+,12-,14+/m1/s1. The second-order valence-corrected chi connectivity index (χ2v) is 6.31. The van der Waals surface area contributed by atoms with Crippen molar-refractivity contribution in [1.82, 2.24) is 0 Å². The van der Waals surface area contributed by atoms with Crippen molar-refractivity contribution in [2.24, 2.45) is 22.9 Å². The molecule has 1 aliphatic carbocycles. The van der Waals surface area contributed by atoms with Gasteiger partial charge in [0, 0.05) is 0 Å². The maximum Gasteiger partial charge on any atom is 0.436 e. The van der Waals surface area contributed by atoms with Gasteiger partial charge in [-0.1, -0.05) is 32.3 Å². The Morgan fingerprint density at radius 2 is 2.05 bits per heavy atom. The van der Waals surface area contributed by atoms with E-state index in [4.69, 9.17) is 9.57 Å². The molecule has 2 aliphatic rings. The Labute approximate surface area is 123 Å². The monoisotopic (exact) mass is 305 g/mol. The van der Waals surface area contributed by atoms with E-state index in [1.54, 1.807) is 0 Å². The first-order valence-electron chi connectivity index (χ1n) is 7.42. The lowest BCUT2D eigenvalue weighted by Gasteiger charge is -2.38. The first-order chi connectivity index (χ1) is 9.77. The first kappa shape index (κ1) is 16.3. The molecule has 1 saturated carbocycles. The van der Waals surface area contributed by atoms with E-state index in [-0.39, 0.29) is 6.10 Å². The van der Waals surface area contributed by atoms with Crippen molar-refractivity contribution >= 4 is 5.71 Å². The molecule has 0 unspecified atom stereocenters. The van der Waals surface area contributed by atoms with Crippen molar-refractivity contribution in [1.29, 1.82) is 0 Å². The highest BCUT2D eigenvalue weighted by Gasteiger charge is 2.38. The zero-order valence-electron chi connectivity index (χ0n) is 12.6. The molecule has 0 aromatic rings. The molecule has 1 fully saturated rings. The van der Waals surface area contributed by atoms with E-state index >= 15 is 0 Å². The van der Waals surface area contributed by atoms with Crippen LogP contribution in [0.3, 0.4) is 0 Å². The summed E-state index contributed by atoms with van der Waals surface area (Å²) in [6.45, 7) is 6.47. The van der Waals surface area contributed by atoms with Gasteiger partial charge in [0.15, 0.2) is 5.71 Å². The molecule has 6 heteroatoms. The molecule has 0 bridgehead atoms. The predicted octanol–water partition coefficient (Wildman–Crippen LogP) is 4.29. The van der Waals surface area contributed by atoms with E-state index in [2.05, 4.69) is 25.9 Å². The van der Waals surface area contributed by atoms with Gasteiger partial charge >= 0.3 is 6.18 Å². The molecule has 4 atom stereocenters. The van der Waals surface area contributed by atoms with Gasteiger partial charge in [0.2, 0.25) is 6.29 Å². The zero-order valence-corrected chi connectivity index (χ0v) is 12.6. The topological polar surface area (TPSA) is 30.8 Å². The third kappa shape index (κ3) is 4.22. The zero-order chi connectivity index (χ0) is 15.6. The molecule has 3 nitrogen and oxygen atoms in total. The highest BCUT2D eigenvalue weighted by Crippen LogP contribution is 2.36. The van der Waals surface area contributed by atoms with Crippen molar-refractivity contribution in [3.8, 4) is 0 Å². The summed E-state index contributed by atoms with van der Waals surface area (Å²) in [6.07, 6.45) is 0.0567. The third-order valence-corrected chi connectivity index (χ3v) is 4.23. The van der Waals surface area contributed by atoms with Gasteiger partial charge in [-0.3, -0.25) is 0 Å². The first-order valence-corrected chi connectivity index (χ1v) is 7.42. The van der Waals surface area contributed by atoms with E-state index in [0.29, 0.717) is 17.8 Å². The number of halogens is 3. The number of rotatable bonds is 3. The molecule has 1 aliphatic heterocycles. The van der Waals surface area contributed by atoms with Crippen LogP contribution in [0.15, 0.2) is 17.3 Å². The molecule has 2 rings (SSSR count). The Balaban J connectivity index is 1.95. The summed E-state index contributed by atoms with van der Waals surface area (Å²) in [5.74, 6) is 1.45. The molecule has 0 N–H and O–H groups in total. The Bertz CT molecular complexity index is 418. The SMILES string of the molecule is CC(C)[C@@H]1CC[C@@H](C)C[C@H]1O[C@@H]1C=CC(C(F)(F)F)=NO1. The van der Waals surface area contributed by atoms with Crippen LogP contribution in [0, 0.1) is 17.8 Å². The number of ether oxygens (including phenoxy) is 1. The van der Waals surface area contributed by atoms with Crippen molar-refractivity contribution in [2.45, 2.75) is 58.6 Å². The number of hydrogen-bond acceptors (Lipinski definition) is 3. The Kier molecular flexibility index (Phi) is 4.96. The predicted molar refractivity (Wildman–Crippen MR) is 73.7 cm³/mol. The van der Waals surface area contributed by atoms with Crippen LogP contribution in [0.5, 0.6) is 0 Å². The fourth-order valence-electron chi connectivity index (χ4n) is 3.00. The van der Waals surface area contributed by atoms with Gasteiger partial charge in [-0.05, 0) is 42.7 Å². The summed E-state index contributed by atoms with van der Waals surface area (Å²) in [7, 11) is 0. The van der Waals surface area contributed by atoms with E-state index in [1.165, 1.54) is 12.5 Å². The Morgan fingerprint density at radius 1 is 1.33 bits per heavy atom. The lowest BCUT2D eigenvalue weighted by Crippen LogP contribution is -2.38. The van der Waals surface area contributed by atoms with Gasteiger partial charge in [0.05, 0.1) is 6.10 Å². The van der Waals surface area contributed by atoms with Crippen LogP contribution in [0.2, 0.25) is 0 Å². The molecule has 0 aromatic heterocycles. The van der Waals surface area contributed by atoms with E-state index in [9.17, 15) is 13.2 Å². The second-order valence-electron chi connectivity index (χ2n) is 6.31. The van der Waals surface area contributed by atoms with Crippen LogP contribution in [0.4, 0.5) is 13.2 Å². The average Bonchev–Trinajstić information content (AvgIpc) is 2.38. The highest BCUT2D eigenvalue weighted by atomic mass is 19.4. The van der Waals surface area contributed by atoms with Gasteiger partial charge in [-0.25, -0.2) is 0 Å². The van der Waals surface area contributed by atoms with Crippen LogP contribution in [0.25, 0.3) is 0 Å². The molecule has 0 aromatic carbocycles. The lowest BCUT2D eigenvalue weighted by atomic mass is 9.75. The van der Waals surface area contributed by atoms with Gasteiger partial charge < -0.3 is 9.57 Å². The van der Waals surface area contributed by atoms with Gasteiger partial charge in [-0.15, -0.1) is 0 Å².